The van der Waals surface area contributed by atoms with Crippen LogP contribution in [0.5, 0.6) is 0 Å². The van der Waals surface area contributed by atoms with Crippen LogP contribution in [0.2, 0.25) is 0 Å². The van der Waals surface area contributed by atoms with Crippen molar-refractivity contribution in [3.63, 3.8) is 0 Å². The van der Waals surface area contributed by atoms with E-state index in [-0.39, 0.29) is 24.8 Å². The summed E-state index contributed by atoms with van der Waals surface area (Å²) in [5.41, 5.74) is 7.77. The van der Waals surface area contributed by atoms with Gasteiger partial charge in [-0.05, 0) is 25.5 Å². The van der Waals surface area contributed by atoms with E-state index in [1.54, 1.807) is 13.8 Å². The number of hydrogen-bond donors (Lipinski definition) is 3. The SMILES string of the molecule is Cc1noc(C)c1CC(=O)N/N=C1\Nc2ccccc2C(c2ccccc2)=NC1NC(=O)OCc1ccccc1. The number of benzene rings is 3. The fourth-order valence-electron chi connectivity index (χ4n) is 4.23. The molecule has 0 radical (unpaired) electrons. The average molecular weight is 537 g/mol. The van der Waals surface area contributed by atoms with Crippen LogP contribution in [0.4, 0.5) is 10.5 Å². The van der Waals surface area contributed by atoms with Crippen molar-refractivity contribution in [1.82, 2.24) is 15.9 Å². The van der Waals surface area contributed by atoms with E-state index < -0.39 is 12.3 Å². The van der Waals surface area contributed by atoms with Gasteiger partial charge in [-0.15, -0.1) is 0 Å². The molecule has 0 aliphatic carbocycles. The molecule has 10 heteroatoms. The van der Waals surface area contributed by atoms with Crippen LogP contribution in [0.3, 0.4) is 0 Å². The number of carbonyl (C=O) groups excluding carboxylic acids is 2. The van der Waals surface area contributed by atoms with E-state index in [0.29, 0.717) is 28.4 Å². The van der Waals surface area contributed by atoms with E-state index in [9.17, 15) is 9.59 Å². The van der Waals surface area contributed by atoms with Crippen LogP contribution in [0, 0.1) is 13.8 Å². The molecule has 2 heterocycles. The van der Waals surface area contributed by atoms with Crippen molar-refractivity contribution in [1.29, 1.82) is 0 Å². The van der Waals surface area contributed by atoms with Crippen LogP contribution in [0.15, 0.2) is 99.5 Å². The Bertz CT molecular complexity index is 1540. The molecule has 202 valence electrons. The topological polar surface area (TPSA) is 130 Å². The molecule has 4 aromatic rings. The molecule has 1 aliphatic rings. The summed E-state index contributed by atoms with van der Waals surface area (Å²) in [6.45, 7) is 3.61. The predicted molar refractivity (Wildman–Crippen MR) is 151 cm³/mol. The minimum absolute atomic E-state index is 0.0320. The lowest BCUT2D eigenvalue weighted by Gasteiger charge is -2.17. The van der Waals surface area contributed by atoms with E-state index in [1.807, 2.05) is 84.9 Å². The van der Waals surface area contributed by atoms with Gasteiger partial charge in [-0.3, -0.25) is 15.1 Å². The van der Waals surface area contributed by atoms with E-state index in [1.165, 1.54) is 0 Å². The molecule has 0 fully saturated rings. The Morgan fingerprint density at radius 3 is 2.40 bits per heavy atom. The number of aliphatic imine (C=N–C) groups is 1. The highest BCUT2D eigenvalue weighted by Crippen LogP contribution is 2.24. The monoisotopic (exact) mass is 536 g/mol. The van der Waals surface area contributed by atoms with Crippen molar-refractivity contribution in [2.24, 2.45) is 10.1 Å². The lowest BCUT2D eigenvalue weighted by Crippen LogP contribution is -2.44. The number of aryl methyl sites for hydroxylation is 2. The Labute approximate surface area is 231 Å². The van der Waals surface area contributed by atoms with Gasteiger partial charge in [-0.2, -0.15) is 5.10 Å². The molecule has 1 unspecified atom stereocenters. The molecule has 3 aromatic carbocycles. The highest BCUT2D eigenvalue weighted by Gasteiger charge is 2.27. The Kier molecular flexibility index (Phi) is 7.96. The molecule has 0 bridgehead atoms. The maximum atomic E-state index is 12.9. The lowest BCUT2D eigenvalue weighted by molar-refractivity contribution is -0.120. The normalized spacial score (nSPS) is 15.3. The number of carbonyl (C=O) groups is 2. The van der Waals surface area contributed by atoms with Gasteiger partial charge in [0.1, 0.15) is 12.4 Å². The molecule has 10 nitrogen and oxygen atoms in total. The maximum Gasteiger partial charge on any atom is 0.409 e. The smallest absolute Gasteiger partial charge is 0.409 e. The third-order valence-corrected chi connectivity index (χ3v) is 6.30. The van der Waals surface area contributed by atoms with Gasteiger partial charge < -0.3 is 14.6 Å². The van der Waals surface area contributed by atoms with E-state index in [4.69, 9.17) is 14.3 Å². The van der Waals surface area contributed by atoms with Gasteiger partial charge in [0.25, 0.3) is 0 Å². The fourth-order valence-corrected chi connectivity index (χ4v) is 4.23. The van der Waals surface area contributed by atoms with Crippen molar-refractivity contribution in [3.05, 3.63) is 119 Å². The van der Waals surface area contributed by atoms with E-state index >= 15 is 0 Å². The zero-order valence-corrected chi connectivity index (χ0v) is 22.0. The van der Waals surface area contributed by atoms with Gasteiger partial charge in [0, 0.05) is 22.4 Å². The standard InChI is InChI=1S/C30H28N6O4/c1-19-24(20(2)40-36-19)17-26(37)34-35-29-28(33-30(38)39-18-21-11-5-3-6-12-21)32-27(22-13-7-4-8-14-22)23-15-9-10-16-25(23)31-29/h3-16,28H,17-18H2,1-2H3,(H,31,35)(H,33,38)(H,34,37). The van der Waals surface area contributed by atoms with Gasteiger partial charge >= 0.3 is 6.09 Å². The number of ether oxygens (including phenoxy) is 1. The first-order chi connectivity index (χ1) is 19.5. The molecule has 0 saturated carbocycles. The van der Waals surface area contributed by atoms with Crippen molar-refractivity contribution < 1.29 is 18.8 Å². The summed E-state index contributed by atoms with van der Waals surface area (Å²) in [6.07, 6.45) is -1.65. The number of amides is 2. The number of nitrogens with one attached hydrogen (secondary N) is 3. The number of nitrogens with zero attached hydrogens (tertiary/aromatic N) is 3. The Morgan fingerprint density at radius 2 is 1.68 bits per heavy atom. The fraction of sp³-hybridized carbons (Fsp3) is 0.167. The van der Waals surface area contributed by atoms with E-state index in [2.05, 4.69) is 26.3 Å². The molecule has 2 amide bonds. The first kappa shape index (κ1) is 26.4. The molecule has 1 aromatic heterocycles. The van der Waals surface area contributed by atoms with Gasteiger partial charge in [0.2, 0.25) is 5.91 Å². The van der Waals surface area contributed by atoms with Crippen LogP contribution >= 0.6 is 0 Å². The Morgan fingerprint density at radius 1 is 0.975 bits per heavy atom. The molecule has 0 saturated heterocycles. The summed E-state index contributed by atoms with van der Waals surface area (Å²) >= 11 is 0. The zero-order chi connectivity index (χ0) is 27.9. The summed E-state index contributed by atoms with van der Waals surface area (Å²) < 4.78 is 10.6. The summed E-state index contributed by atoms with van der Waals surface area (Å²) in [7, 11) is 0. The number of rotatable bonds is 7. The largest absolute Gasteiger partial charge is 0.445 e. The second kappa shape index (κ2) is 12.1. The first-order valence-corrected chi connectivity index (χ1v) is 12.7. The maximum absolute atomic E-state index is 12.9. The van der Waals surface area contributed by atoms with Crippen LogP contribution in [0.1, 0.15) is 33.7 Å². The summed E-state index contributed by atoms with van der Waals surface area (Å²) in [5, 5.41) is 14.3. The summed E-state index contributed by atoms with van der Waals surface area (Å²) in [4.78, 5) is 30.6. The molecular weight excluding hydrogens is 508 g/mol. The molecule has 1 aliphatic heterocycles. The third kappa shape index (κ3) is 6.24. The van der Waals surface area contributed by atoms with Crippen LogP contribution in [0.25, 0.3) is 0 Å². The minimum Gasteiger partial charge on any atom is -0.445 e. The summed E-state index contributed by atoms with van der Waals surface area (Å²) in [5.74, 6) is 0.403. The minimum atomic E-state index is -0.995. The Hall–Kier alpha value is -5.25. The first-order valence-electron chi connectivity index (χ1n) is 12.7. The number of fused-ring (bicyclic) bond motifs is 1. The number of hydrazone groups is 1. The van der Waals surface area contributed by atoms with Gasteiger partial charge in [0.05, 0.1) is 17.8 Å². The number of alkyl carbamates (subject to hydrolysis) is 1. The molecule has 40 heavy (non-hydrogen) atoms. The van der Waals surface area contributed by atoms with Crippen LogP contribution in [-0.2, 0) is 22.6 Å². The number of aromatic nitrogens is 1. The highest BCUT2D eigenvalue weighted by atomic mass is 16.5. The second-order valence-electron chi connectivity index (χ2n) is 9.13. The van der Waals surface area contributed by atoms with Crippen molar-refractivity contribution in [3.8, 4) is 0 Å². The number of benzodiazepines with no additional fused rings is 1. The molecule has 0 spiro atoms. The van der Waals surface area contributed by atoms with Crippen molar-refractivity contribution in [2.45, 2.75) is 33.0 Å². The van der Waals surface area contributed by atoms with Gasteiger partial charge in [-0.1, -0.05) is 84.0 Å². The third-order valence-electron chi connectivity index (χ3n) is 6.30. The van der Waals surface area contributed by atoms with Gasteiger partial charge in [0.15, 0.2) is 12.0 Å². The van der Waals surface area contributed by atoms with Crippen LogP contribution < -0.4 is 16.1 Å². The molecule has 3 N–H and O–H groups in total. The molecule has 1 atom stereocenters. The second-order valence-corrected chi connectivity index (χ2v) is 9.13. The lowest BCUT2D eigenvalue weighted by atomic mass is 10.0. The predicted octanol–water partition coefficient (Wildman–Crippen LogP) is 4.48. The van der Waals surface area contributed by atoms with Crippen molar-refractivity contribution >= 4 is 29.2 Å². The molecule has 5 rings (SSSR count). The number of hydrogen-bond acceptors (Lipinski definition) is 7. The van der Waals surface area contributed by atoms with Crippen LogP contribution in [-0.4, -0.2) is 34.9 Å². The Balaban J connectivity index is 1.45. The van der Waals surface area contributed by atoms with Gasteiger partial charge in [-0.25, -0.2) is 10.2 Å². The zero-order valence-electron chi connectivity index (χ0n) is 22.0. The number of amidine groups is 1. The van der Waals surface area contributed by atoms with E-state index in [0.717, 1.165) is 16.7 Å². The highest BCUT2D eigenvalue weighted by molar-refractivity contribution is 6.20. The molecular formula is C30H28N6O4. The average Bonchev–Trinajstić information content (AvgIpc) is 3.20. The number of para-hydroxylation sites is 1. The number of anilines is 1. The van der Waals surface area contributed by atoms with Crippen molar-refractivity contribution in [2.75, 3.05) is 5.32 Å². The quantitative estimate of drug-likeness (QED) is 0.299. The summed E-state index contributed by atoms with van der Waals surface area (Å²) in [6, 6.07) is 26.6.